The van der Waals surface area contributed by atoms with Crippen molar-refractivity contribution >= 4 is 15.9 Å². The lowest BCUT2D eigenvalue weighted by molar-refractivity contribution is 0.494. The number of rotatable bonds is 6. The summed E-state index contributed by atoms with van der Waals surface area (Å²) in [5.74, 6) is -0.0962. The van der Waals surface area contributed by atoms with Gasteiger partial charge < -0.3 is 5.32 Å². The normalized spacial score (nSPS) is 12.4. The van der Waals surface area contributed by atoms with Crippen LogP contribution in [0.3, 0.4) is 0 Å². The molecule has 0 spiro atoms. The van der Waals surface area contributed by atoms with E-state index in [1.165, 1.54) is 5.56 Å². The van der Waals surface area contributed by atoms with Gasteiger partial charge in [-0.1, -0.05) is 53.2 Å². The second-order valence-corrected chi connectivity index (χ2v) is 6.23. The van der Waals surface area contributed by atoms with Crippen LogP contribution in [0, 0.1) is 12.7 Å². The first kappa shape index (κ1) is 16.2. The van der Waals surface area contributed by atoms with Crippen molar-refractivity contribution in [2.45, 2.75) is 32.7 Å². The van der Waals surface area contributed by atoms with E-state index in [0.29, 0.717) is 5.56 Å². The summed E-state index contributed by atoms with van der Waals surface area (Å²) in [5, 5.41) is 3.47. The molecular weight excluding hydrogens is 329 g/mol. The van der Waals surface area contributed by atoms with Gasteiger partial charge in [-0.2, -0.15) is 0 Å². The average molecular weight is 350 g/mol. The maximum absolute atomic E-state index is 14.4. The van der Waals surface area contributed by atoms with Crippen molar-refractivity contribution in [3.63, 3.8) is 0 Å². The predicted molar refractivity (Wildman–Crippen MR) is 90.0 cm³/mol. The van der Waals surface area contributed by atoms with Gasteiger partial charge in [-0.05, 0) is 49.6 Å². The zero-order valence-electron chi connectivity index (χ0n) is 12.5. The smallest absolute Gasteiger partial charge is 0.130 e. The fraction of sp³-hybridized carbons (Fsp3) is 0.333. The number of hydrogen-bond donors (Lipinski definition) is 1. The Kier molecular flexibility index (Phi) is 5.95. The minimum Gasteiger partial charge on any atom is -0.310 e. The van der Waals surface area contributed by atoms with Gasteiger partial charge in [0.2, 0.25) is 0 Å². The van der Waals surface area contributed by atoms with Crippen LogP contribution in [0.2, 0.25) is 0 Å². The Morgan fingerprint density at radius 2 is 1.95 bits per heavy atom. The van der Waals surface area contributed by atoms with E-state index in [1.807, 2.05) is 37.3 Å². The van der Waals surface area contributed by atoms with E-state index in [9.17, 15) is 4.39 Å². The van der Waals surface area contributed by atoms with Crippen molar-refractivity contribution in [1.29, 1.82) is 0 Å². The molecule has 0 aliphatic heterocycles. The molecule has 2 aromatic carbocycles. The molecule has 112 valence electrons. The van der Waals surface area contributed by atoms with Crippen LogP contribution < -0.4 is 5.32 Å². The fourth-order valence-corrected chi connectivity index (χ4v) is 2.90. The third kappa shape index (κ3) is 4.39. The van der Waals surface area contributed by atoms with Crippen LogP contribution in [0.5, 0.6) is 0 Å². The van der Waals surface area contributed by atoms with Crippen LogP contribution in [0.1, 0.15) is 36.1 Å². The van der Waals surface area contributed by atoms with E-state index in [0.717, 1.165) is 29.4 Å². The number of nitrogens with one attached hydrogen (secondary N) is 1. The Bertz CT molecular complexity index is 598. The van der Waals surface area contributed by atoms with Crippen LogP contribution in [0.4, 0.5) is 4.39 Å². The molecule has 0 heterocycles. The monoisotopic (exact) mass is 349 g/mol. The molecule has 1 atom stereocenters. The highest BCUT2D eigenvalue weighted by molar-refractivity contribution is 9.10. The fourth-order valence-electron chi connectivity index (χ4n) is 2.45. The number of aryl methyl sites for hydroxylation is 1. The minimum absolute atomic E-state index is 0.000787. The Morgan fingerprint density at radius 1 is 1.19 bits per heavy atom. The van der Waals surface area contributed by atoms with E-state index in [-0.39, 0.29) is 11.9 Å². The highest BCUT2D eigenvalue weighted by atomic mass is 79.9. The Hall–Kier alpha value is -1.19. The van der Waals surface area contributed by atoms with E-state index < -0.39 is 0 Å². The lowest BCUT2D eigenvalue weighted by Crippen LogP contribution is -2.25. The standard InChI is InChI=1S/C18H21BrFN/c1-3-10-21-17(12-14-7-5-8-15(19)11-14)16-9-4-6-13(2)18(16)20/h4-9,11,17,21H,3,10,12H2,1-2H3. The first-order valence-electron chi connectivity index (χ1n) is 7.34. The number of halogens is 2. The molecule has 2 aromatic rings. The lowest BCUT2D eigenvalue weighted by atomic mass is 9.96. The molecule has 1 nitrogen and oxygen atoms in total. The summed E-state index contributed by atoms with van der Waals surface area (Å²) in [5.41, 5.74) is 2.65. The van der Waals surface area contributed by atoms with Crippen LogP contribution in [0.25, 0.3) is 0 Å². The highest BCUT2D eigenvalue weighted by Gasteiger charge is 2.16. The second-order valence-electron chi connectivity index (χ2n) is 5.32. The van der Waals surface area contributed by atoms with Gasteiger partial charge in [0.25, 0.3) is 0 Å². The summed E-state index contributed by atoms with van der Waals surface area (Å²) in [6.45, 7) is 4.82. The molecule has 21 heavy (non-hydrogen) atoms. The van der Waals surface area contributed by atoms with Crippen molar-refractivity contribution in [3.05, 3.63) is 69.4 Å². The molecule has 3 heteroatoms. The van der Waals surface area contributed by atoms with Gasteiger partial charge in [-0.25, -0.2) is 4.39 Å². The summed E-state index contributed by atoms with van der Waals surface area (Å²) in [6.07, 6.45) is 1.81. The predicted octanol–water partition coefficient (Wildman–Crippen LogP) is 5.18. The summed E-state index contributed by atoms with van der Waals surface area (Å²) in [7, 11) is 0. The minimum atomic E-state index is -0.0962. The van der Waals surface area contributed by atoms with Crippen molar-refractivity contribution in [2.24, 2.45) is 0 Å². The lowest BCUT2D eigenvalue weighted by Gasteiger charge is -2.20. The molecule has 1 N–H and O–H groups in total. The van der Waals surface area contributed by atoms with Gasteiger partial charge in [-0.15, -0.1) is 0 Å². The van der Waals surface area contributed by atoms with Gasteiger partial charge >= 0.3 is 0 Å². The zero-order chi connectivity index (χ0) is 15.2. The first-order chi connectivity index (χ1) is 10.1. The van der Waals surface area contributed by atoms with E-state index in [4.69, 9.17) is 0 Å². The van der Waals surface area contributed by atoms with Crippen molar-refractivity contribution in [3.8, 4) is 0 Å². The maximum Gasteiger partial charge on any atom is 0.130 e. The summed E-state index contributed by atoms with van der Waals surface area (Å²) in [4.78, 5) is 0. The number of hydrogen-bond acceptors (Lipinski definition) is 1. The summed E-state index contributed by atoms with van der Waals surface area (Å²) >= 11 is 3.49. The van der Waals surface area contributed by atoms with Crippen LogP contribution >= 0.6 is 15.9 Å². The topological polar surface area (TPSA) is 12.0 Å². The van der Waals surface area contributed by atoms with E-state index >= 15 is 0 Å². The van der Waals surface area contributed by atoms with Crippen LogP contribution in [0.15, 0.2) is 46.9 Å². The Morgan fingerprint density at radius 3 is 2.67 bits per heavy atom. The average Bonchev–Trinajstić information content (AvgIpc) is 2.47. The highest BCUT2D eigenvalue weighted by Crippen LogP contribution is 2.24. The van der Waals surface area contributed by atoms with Crippen molar-refractivity contribution in [1.82, 2.24) is 5.32 Å². The van der Waals surface area contributed by atoms with E-state index in [1.54, 1.807) is 0 Å². The van der Waals surface area contributed by atoms with Gasteiger partial charge in [0, 0.05) is 16.1 Å². The molecule has 0 radical (unpaired) electrons. The molecule has 0 aliphatic carbocycles. The SMILES string of the molecule is CCCNC(Cc1cccc(Br)c1)c1cccc(C)c1F. The molecular formula is C18H21BrFN. The molecule has 0 amide bonds. The van der Waals surface area contributed by atoms with Gasteiger partial charge in [0.15, 0.2) is 0 Å². The third-order valence-corrected chi connectivity index (χ3v) is 4.06. The molecule has 2 rings (SSSR count). The van der Waals surface area contributed by atoms with Gasteiger partial charge in [0.1, 0.15) is 5.82 Å². The third-order valence-electron chi connectivity index (χ3n) is 3.57. The molecule has 0 saturated heterocycles. The molecule has 0 aromatic heterocycles. The number of benzene rings is 2. The molecule has 1 unspecified atom stereocenters. The quantitative estimate of drug-likeness (QED) is 0.757. The Labute approximate surface area is 134 Å². The zero-order valence-corrected chi connectivity index (χ0v) is 14.1. The Balaban J connectivity index is 2.27. The summed E-state index contributed by atoms with van der Waals surface area (Å²) < 4.78 is 15.5. The molecule has 0 saturated carbocycles. The molecule has 0 aliphatic rings. The van der Waals surface area contributed by atoms with Crippen LogP contribution in [-0.2, 0) is 6.42 Å². The first-order valence-corrected chi connectivity index (χ1v) is 8.14. The van der Waals surface area contributed by atoms with Crippen molar-refractivity contribution < 1.29 is 4.39 Å². The van der Waals surface area contributed by atoms with Crippen molar-refractivity contribution in [2.75, 3.05) is 6.54 Å². The molecule has 0 bridgehead atoms. The van der Waals surface area contributed by atoms with Gasteiger partial charge in [-0.3, -0.25) is 0 Å². The van der Waals surface area contributed by atoms with E-state index in [2.05, 4.69) is 40.3 Å². The maximum atomic E-state index is 14.4. The largest absolute Gasteiger partial charge is 0.310 e. The van der Waals surface area contributed by atoms with Crippen LogP contribution in [-0.4, -0.2) is 6.54 Å². The van der Waals surface area contributed by atoms with Gasteiger partial charge in [0.05, 0.1) is 0 Å². The molecule has 0 fully saturated rings. The summed E-state index contributed by atoms with van der Waals surface area (Å²) in [6, 6.07) is 13.8. The second kappa shape index (κ2) is 7.71.